The van der Waals surface area contributed by atoms with Crippen molar-refractivity contribution < 1.29 is 19.4 Å². The Balaban J connectivity index is 1.85. The van der Waals surface area contributed by atoms with E-state index in [-0.39, 0.29) is 12.3 Å². The highest BCUT2D eigenvalue weighted by atomic mass is 16.6. The second kappa shape index (κ2) is 9.27. The van der Waals surface area contributed by atoms with Crippen LogP contribution in [-0.2, 0) is 4.74 Å². The molecule has 1 unspecified atom stereocenters. The Kier molecular flexibility index (Phi) is 6.81. The van der Waals surface area contributed by atoms with Gasteiger partial charge in [0.1, 0.15) is 0 Å². The summed E-state index contributed by atoms with van der Waals surface area (Å²) in [7, 11) is 0. The van der Waals surface area contributed by atoms with Gasteiger partial charge in [0.05, 0.1) is 28.2 Å². The number of nitro benzene ring substituents is 2. The molecule has 0 bridgehead atoms. The van der Waals surface area contributed by atoms with Crippen LogP contribution in [0.3, 0.4) is 0 Å². The van der Waals surface area contributed by atoms with Crippen LogP contribution in [0.25, 0.3) is 0 Å². The molecule has 1 amide bonds. The van der Waals surface area contributed by atoms with E-state index in [1.807, 2.05) is 30.3 Å². The molecule has 0 saturated heterocycles. The molecule has 0 saturated carbocycles. The predicted molar refractivity (Wildman–Crippen MR) is 98.8 cm³/mol. The molecule has 0 radical (unpaired) electrons. The van der Waals surface area contributed by atoms with E-state index in [2.05, 4.69) is 12.2 Å². The van der Waals surface area contributed by atoms with Crippen LogP contribution in [0.4, 0.5) is 21.9 Å². The van der Waals surface area contributed by atoms with Gasteiger partial charge in [-0.2, -0.15) is 0 Å². The number of non-ortho nitro benzene ring substituents is 2. The number of rotatable bonds is 8. The van der Waals surface area contributed by atoms with Crippen molar-refractivity contribution in [3.63, 3.8) is 0 Å². The summed E-state index contributed by atoms with van der Waals surface area (Å²) >= 11 is 0. The first-order valence-electron chi connectivity index (χ1n) is 8.29. The standard InChI is InChI=1S/C18H19N3O6/c1-13(14-7-3-2-4-8-14)6-5-9-27-18(22)19-15-10-16(20(23)24)12-17(11-15)21(25)26/h2-4,7-8,10-13H,5-6,9H2,1H3,(H,19,22). The molecule has 0 aliphatic rings. The van der Waals surface area contributed by atoms with Crippen molar-refractivity contribution in [2.75, 3.05) is 11.9 Å². The smallest absolute Gasteiger partial charge is 0.411 e. The number of carbonyl (C=O) groups excluding carboxylic acids is 1. The Bertz CT molecular complexity index is 793. The number of nitro groups is 2. The van der Waals surface area contributed by atoms with Gasteiger partial charge in [-0.05, 0) is 24.3 Å². The van der Waals surface area contributed by atoms with Gasteiger partial charge >= 0.3 is 6.09 Å². The van der Waals surface area contributed by atoms with E-state index in [0.29, 0.717) is 12.3 Å². The van der Waals surface area contributed by atoms with Crippen molar-refractivity contribution >= 4 is 23.2 Å². The SMILES string of the molecule is CC(CCCOC(=O)Nc1cc([N+](=O)[O-])cc([N+](=O)[O-])c1)c1ccccc1. The van der Waals surface area contributed by atoms with Gasteiger partial charge in [-0.3, -0.25) is 25.5 Å². The fraction of sp³-hybridized carbons (Fsp3) is 0.278. The Labute approximate surface area is 155 Å². The lowest BCUT2D eigenvalue weighted by Gasteiger charge is -2.12. The third-order valence-corrected chi connectivity index (χ3v) is 3.95. The molecule has 2 rings (SSSR count). The van der Waals surface area contributed by atoms with Gasteiger partial charge in [0.2, 0.25) is 0 Å². The van der Waals surface area contributed by atoms with Crippen LogP contribution in [-0.4, -0.2) is 22.5 Å². The maximum atomic E-state index is 11.8. The molecular formula is C18H19N3O6. The minimum absolute atomic E-state index is 0.0708. The summed E-state index contributed by atoms with van der Waals surface area (Å²) in [6.07, 6.45) is 0.634. The summed E-state index contributed by atoms with van der Waals surface area (Å²) < 4.78 is 5.04. The molecule has 0 aliphatic heterocycles. The number of nitrogens with one attached hydrogen (secondary N) is 1. The lowest BCUT2D eigenvalue weighted by atomic mass is 9.97. The Morgan fingerprint density at radius 2 is 1.67 bits per heavy atom. The number of hydrogen-bond donors (Lipinski definition) is 1. The van der Waals surface area contributed by atoms with Crippen LogP contribution < -0.4 is 5.32 Å². The monoisotopic (exact) mass is 373 g/mol. The van der Waals surface area contributed by atoms with E-state index in [9.17, 15) is 25.0 Å². The van der Waals surface area contributed by atoms with Crippen LogP contribution in [0, 0.1) is 20.2 Å². The first kappa shape index (κ1) is 19.8. The minimum Gasteiger partial charge on any atom is -0.449 e. The topological polar surface area (TPSA) is 125 Å². The molecule has 2 aromatic rings. The Morgan fingerprint density at radius 1 is 1.07 bits per heavy atom. The lowest BCUT2D eigenvalue weighted by Crippen LogP contribution is -2.15. The second-order valence-corrected chi connectivity index (χ2v) is 5.97. The minimum atomic E-state index is -0.822. The van der Waals surface area contributed by atoms with E-state index in [4.69, 9.17) is 4.74 Å². The van der Waals surface area contributed by atoms with E-state index < -0.39 is 27.3 Å². The molecule has 1 N–H and O–H groups in total. The number of hydrogen-bond acceptors (Lipinski definition) is 6. The summed E-state index contributed by atoms with van der Waals surface area (Å²) in [6, 6.07) is 12.8. The maximum Gasteiger partial charge on any atom is 0.411 e. The summed E-state index contributed by atoms with van der Waals surface area (Å²) in [6.45, 7) is 2.25. The Hall–Kier alpha value is -3.49. The van der Waals surface area contributed by atoms with Crippen LogP contribution in [0.15, 0.2) is 48.5 Å². The fourth-order valence-corrected chi connectivity index (χ4v) is 2.53. The molecule has 27 heavy (non-hydrogen) atoms. The third kappa shape index (κ3) is 6.07. The highest BCUT2D eigenvalue weighted by Crippen LogP contribution is 2.26. The largest absolute Gasteiger partial charge is 0.449 e. The van der Waals surface area contributed by atoms with Crippen molar-refractivity contribution in [2.45, 2.75) is 25.7 Å². The van der Waals surface area contributed by atoms with E-state index >= 15 is 0 Å². The highest BCUT2D eigenvalue weighted by molar-refractivity contribution is 5.85. The van der Waals surface area contributed by atoms with Gasteiger partial charge in [-0.1, -0.05) is 37.3 Å². The average Bonchev–Trinajstić information content (AvgIpc) is 2.65. The van der Waals surface area contributed by atoms with Crippen LogP contribution in [0.5, 0.6) is 0 Å². The molecule has 1 atom stereocenters. The first-order chi connectivity index (χ1) is 12.9. The number of nitrogens with zero attached hydrogens (tertiary/aromatic N) is 2. The average molecular weight is 373 g/mol. The van der Waals surface area contributed by atoms with E-state index in [1.54, 1.807) is 0 Å². The van der Waals surface area contributed by atoms with Crippen LogP contribution >= 0.6 is 0 Å². The highest BCUT2D eigenvalue weighted by Gasteiger charge is 2.17. The Morgan fingerprint density at radius 3 is 2.22 bits per heavy atom. The van der Waals surface area contributed by atoms with Crippen molar-refractivity contribution in [1.82, 2.24) is 0 Å². The normalized spacial score (nSPS) is 11.4. The van der Waals surface area contributed by atoms with Gasteiger partial charge in [0, 0.05) is 12.1 Å². The van der Waals surface area contributed by atoms with Gasteiger partial charge in [-0.15, -0.1) is 0 Å². The van der Waals surface area contributed by atoms with Gasteiger partial charge in [0.25, 0.3) is 11.4 Å². The van der Waals surface area contributed by atoms with Crippen molar-refractivity contribution in [3.05, 3.63) is 74.3 Å². The van der Waals surface area contributed by atoms with Gasteiger partial charge in [-0.25, -0.2) is 4.79 Å². The maximum absolute atomic E-state index is 11.8. The van der Waals surface area contributed by atoms with Crippen molar-refractivity contribution in [1.29, 1.82) is 0 Å². The summed E-state index contributed by atoms with van der Waals surface area (Å²) in [4.78, 5) is 32.0. The molecule has 0 aromatic heterocycles. The van der Waals surface area contributed by atoms with Gasteiger partial charge < -0.3 is 4.74 Å². The predicted octanol–water partition coefficient (Wildman–Crippen LogP) is 4.64. The summed E-state index contributed by atoms with van der Waals surface area (Å²) in [5.41, 5.74) is 0.150. The molecule has 0 heterocycles. The van der Waals surface area contributed by atoms with E-state index in [1.165, 1.54) is 5.56 Å². The first-order valence-corrected chi connectivity index (χ1v) is 8.29. The zero-order valence-corrected chi connectivity index (χ0v) is 14.7. The third-order valence-electron chi connectivity index (χ3n) is 3.95. The zero-order valence-electron chi connectivity index (χ0n) is 14.7. The van der Waals surface area contributed by atoms with E-state index in [0.717, 1.165) is 24.6 Å². The molecule has 9 nitrogen and oxygen atoms in total. The fourth-order valence-electron chi connectivity index (χ4n) is 2.53. The second-order valence-electron chi connectivity index (χ2n) is 5.97. The molecule has 142 valence electrons. The number of carbonyl (C=O) groups is 1. The van der Waals surface area contributed by atoms with Crippen molar-refractivity contribution in [2.24, 2.45) is 0 Å². The molecule has 0 spiro atoms. The zero-order chi connectivity index (χ0) is 19.8. The van der Waals surface area contributed by atoms with Crippen LogP contribution in [0.1, 0.15) is 31.2 Å². The number of anilines is 1. The van der Waals surface area contributed by atoms with Gasteiger partial charge in [0.15, 0.2) is 0 Å². The lowest BCUT2D eigenvalue weighted by molar-refractivity contribution is -0.394. The van der Waals surface area contributed by atoms with Crippen molar-refractivity contribution in [3.8, 4) is 0 Å². The number of amides is 1. The summed E-state index contributed by atoms with van der Waals surface area (Å²) in [5, 5.41) is 24.0. The summed E-state index contributed by atoms with van der Waals surface area (Å²) in [5.74, 6) is 0.317. The number of ether oxygens (including phenoxy) is 1. The molecule has 0 fully saturated rings. The molecular weight excluding hydrogens is 354 g/mol. The number of benzene rings is 2. The quantitative estimate of drug-likeness (QED) is 0.408. The molecule has 9 heteroatoms. The molecule has 0 aliphatic carbocycles. The van der Waals surface area contributed by atoms with Crippen LogP contribution in [0.2, 0.25) is 0 Å². The molecule has 2 aromatic carbocycles.